The number of nitrogens with zero attached hydrogens (tertiary/aromatic N) is 4. The Kier molecular flexibility index (Phi) is 3.16. The number of aromatic nitrogens is 4. The fourth-order valence-corrected chi connectivity index (χ4v) is 2.57. The third kappa shape index (κ3) is 2.58. The van der Waals surface area contributed by atoms with Crippen LogP contribution in [0.1, 0.15) is 13.3 Å². The van der Waals surface area contributed by atoms with Crippen LogP contribution in [0.2, 0.25) is 0 Å². The van der Waals surface area contributed by atoms with E-state index >= 15 is 0 Å². The van der Waals surface area contributed by atoms with E-state index in [2.05, 4.69) is 56.9 Å². The Hall–Kier alpha value is -1.95. The highest BCUT2D eigenvalue weighted by Crippen LogP contribution is 2.22. The molecule has 0 saturated carbocycles. The first-order valence-corrected chi connectivity index (χ1v) is 6.53. The molecular weight excluding hydrogens is 240 g/mol. The van der Waals surface area contributed by atoms with Crippen molar-refractivity contribution in [1.82, 2.24) is 25.5 Å². The summed E-state index contributed by atoms with van der Waals surface area (Å²) in [6, 6.07) is 9.27. The van der Waals surface area contributed by atoms with Gasteiger partial charge in [0.1, 0.15) is 0 Å². The van der Waals surface area contributed by atoms with Gasteiger partial charge in [-0.25, -0.2) is 0 Å². The van der Waals surface area contributed by atoms with Gasteiger partial charge in [0.05, 0.1) is 0 Å². The summed E-state index contributed by atoms with van der Waals surface area (Å²) in [5.74, 6) is 0.626. The Morgan fingerprint density at radius 1 is 1.42 bits per heavy atom. The van der Waals surface area contributed by atoms with E-state index in [4.69, 9.17) is 0 Å². The van der Waals surface area contributed by atoms with E-state index in [1.165, 1.54) is 6.42 Å². The molecule has 2 atom stereocenters. The summed E-state index contributed by atoms with van der Waals surface area (Å²) >= 11 is 0. The average Bonchev–Trinajstić information content (AvgIpc) is 3.01. The number of hydrogen-bond acceptors (Lipinski definition) is 5. The largest absolute Gasteiger partial charge is 0.381 e. The number of rotatable bonds is 3. The van der Waals surface area contributed by atoms with Crippen LogP contribution in [-0.4, -0.2) is 51.2 Å². The standard InChI is InChI=1S/C13H18N6/c1-9-6-12(8-19(9)2)14-11-5-3-4-10(7-11)13-15-17-18-16-13/h3-5,7,9,12,14H,6,8H2,1-2H3,(H,15,16,17,18). The van der Waals surface area contributed by atoms with E-state index < -0.39 is 0 Å². The molecule has 6 nitrogen and oxygen atoms in total. The molecule has 2 unspecified atom stereocenters. The average molecular weight is 258 g/mol. The van der Waals surface area contributed by atoms with E-state index in [1.54, 1.807) is 0 Å². The highest BCUT2D eigenvalue weighted by molar-refractivity contribution is 5.62. The summed E-state index contributed by atoms with van der Waals surface area (Å²) in [5.41, 5.74) is 2.08. The number of hydrogen-bond donors (Lipinski definition) is 2. The van der Waals surface area contributed by atoms with E-state index in [-0.39, 0.29) is 0 Å². The van der Waals surface area contributed by atoms with Crippen molar-refractivity contribution in [2.45, 2.75) is 25.4 Å². The number of likely N-dealkylation sites (tertiary alicyclic amines) is 1. The molecule has 19 heavy (non-hydrogen) atoms. The summed E-state index contributed by atoms with van der Waals surface area (Å²) in [6.07, 6.45) is 1.17. The molecule has 0 radical (unpaired) electrons. The summed E-state index contributed by atoms with van der Waals surface area (Å²) in [5, 5.41) is 17.6. The number of aromatic amines is 1. The molecule has 2 N–H and O–H groups in total. The Morgan fingerprint density at radius 2 is 2.32 bits per heavy atom. The van der Waals surface area contributed by atoms with Crippen molar-refractivity contribution < 1.29 is 0 Å². The molecule has 1 aromatic heterocycles. The van der Waals surface area contributed by atoms with Crippen molar-refractivity contribution in [3.05, 3.63) is 24.3 Å². The maximum absolute atomic E-state index is 4.00. The van der Waals surface area contributed by atoms with Crippen LogP contribution < -0.4 is 5.32 Å². The topological polar surface area (TPSA) is 69.7 Å². The molecule has 1 fully saturated rings. The second-order valence-electron chi connectivity index (χ2n) is 5.18. The lowest BCUT2D eigenvalue weighted by atomic mass is 10.1. The highest BCUT2D eigenvalue weighted by atomic mass is 15.5. The van der Waals surface area contributed by atoms with Crippen LogP contribution in [0.5, 0.6) is 0 Å². The molecule has 0 amide bonds. The lowest BCUT2D eigenvalue weighted by Crippen LogP contribution is -2.24. The molecule has 3 rings (SSSR count). The minimum absolute atomic E-state index is 0.500. The zero-order valence-electron chi connectivity index (χ0n) is 11.2. The van der Waals surface area contributed by atoms with Gasteiger partial charge in [-0.15, -0.1) is 10.2 Å². The van der Waals surface area contributed by atoms with Gasteiger partial charge in [0.25, 0.3) is 0 Å². The molecule has 0 spiro atoms. The van der Waals surface area contributed by atoms with Gasteiger partial charge in [0.15, 0.2) is 0 Å². The first-order valence-electron chi connectivity index (χ1n) is 6.53. The summed E-state index contributed by atoms with van der Waals surface area (Å²) in [6.45, 7) is 3.34. The van der Waals surface area contributed by atoms with Crippen LogP contribution in [0.4, 0.5) is 5.69 Å². The van der Waals surface area contributed by atoms with Gasteiger partial charge in [-0.1, -0.05) is 12.1 Å². The van der Waals surface area contributed by atoms with E-state index in [0.29, 0.717) is 17.9 Å². The van der Waals surface area contributed by atoms with Crippen molar-refractivity contribution in [2.24, 2.45) is 0 Å². The fraction of sp³-hybridized carbons (Fsp3) is 0.462. The number of benzene rings is 1. The third-order valence-corrected chi connectivity index (χ3v) is 3.72. The molecule has 6 heteroatoms. The first-order chi connectivity index (χ1) is 9.22. The normalized spacial score (nSPS) is 23.7. The first kappa shape index (κ1) is 12.1. The molecule has 0 aliphatic carbocycles. The van der Waals surface area contributed by atoms with Crippen molar-refractivity contribution in [3.63, 3.8) is 0 Å². The number of tetrazole rings is 1. The van der Waals surface area contributed by atoms with Gasteiger partial charge in [-0.05, 0) is 37.7 Å². The lowest BCUT2D eigenvalue weighted by molar-refractivity contribution is 0.330. The van der Waals surface area contributed by atoms with Crippen LogP contribution in [0.3, 0.4) is 0 Å². The van der Waals surface area contributed by atoms with Crippen molar-refractivity contribution in [1.29, 1.82) is 0 Å². The fourth-order valence-electron chi connectivity index (χ4n) is 2.57. The van der Waals surface area contributed by atoms with Gasteiger partial charge in [0, 0.05) is 29.9 Å². The summed E-state index contributed by atoms with van der Waals surface area (Å²) < 4.78 is 0. The Balaban J connectivity index is 1.74. The van der Waals surface area contributed by atoms with Crippen molar-refractivity contribution in [3.8, 4) is 11.4 Å². The third-order valence-electron chi connectivity index (χ3n) is 3.72. The van der Waals surface area contributed by atoms with Crippen LogP contribution in [0.25, 0.3) is 11.4 Å². The molecule has 1 aliphatic rings. The van der Waals surface area contributed by atoms with Gasteiger partial charge < -0.3 is 10.2 Å². The smallest absolute Gasteiger partial charge is 0.204 e. The Labute approximate surface area is 112 Å². The molecule has 0 bridgehead atoms. The number of H-pyrrole nitrogens is 1. The predicted octanol–water partition coefficient (Wildman–Crippen LogP) is 1.37. The van der Waals surface area contributed by atoms with E-state index in [1.807, 2.05) is 12.1 Å². The van der Waals surface area contributed by atoms with Crippen molar-refractivity contribution >= 4 is 5.69 Å². The molecule has 2 heterocycles. The number of nitrogens with one attached hydrogen (secondary N) is 2. The van der Waals surface area contributed by atoms with Gasteiger partial charge in [0.2, 0.25) is 5.82 Å². The van der Waals surface area contributed by atoms with Crippen LogP contribution in [0, 0.1) is 0 Å². The van der Waals surface area contributed by atoms with Crippen LogP contribution >= 0.6 is 0 Å². The maximum Gasteiger partial charge on any atom is 0.204 e. The zero-order chi connectivity index (χ0) is 13.2. The molecular formula is C13H18N6. The predicted molar refractivity (Wildman–Crippen MR) is 73.7 cm³/mol. The van der Waals surface area contributed by atoms with Gasteiger partial charge in [-0.2, -0.15) is 5.21 Å². The van der Waals surface area contributed by atoms with E-state index in [0.717, 1.165) is 17.8 Å². The second kappa shape index (κ2) is 4.97. The summed E-state index contributed by atoms with van der Waals surface area (Å²) in [7, 11) is 2.17. The SMILES string of the molecule is CC1CC(Nc2cccc(-c3nn[nH]n3)c2)CN1C. The maximum atomic E-state index is 4.00. The quantitative estimate of drug-likeness (QED) is 0.870. The molecule has 1 aromatic carbocycles. The molecule has 1 saturated heterocycles. The minimum atomic E-state index is 0.500. The van der Waals surface area contributed by atoms with Crippen LogP contribution in [-0.2, 0) is 0 Å². The molecule has 100 valence electrons. The van der Waals surface area contributed by atoms with Gasteiger partial charge >= 0.3 is 0 Å². The van der Waals surface area contributed by atoms with Crippen LogP contribution in [0.15, 0.2) is 24.3 Å². The monoisotopic (exact) mass is 258 g/mol. The Bertz CT molecular complexity index is 528. The molecule has 1 aliphatic heterocycles. The Morgan fingerprint density at radius 3 is 3.00 bits per heavy atom. The lowest BCUT2D eigenvalue weighted by Gasteiger charge is -2.14. The second-order valence-corrected chi connectivity index (χ2v) is 5.18. The minimum Gasteiger partial charge on any atom is -0.381 e. The highest BCUT2D eigenvalue weighted by Gasteiger charge is 2.25. The number of anilines is 1. The van der Waals surface area contributed by atoms with Crippen molar-refractivity contribution in [2.75, 3.05) is 18.9 Å². The summed E-state index contributed by atoms with van der Waals surface area (Å²) in [4.78, 5) is 2.38. The number of likely N-dealkylation sites (N-methyl/N-ethyl adjacent to an activating group) is 1. The molecule has 2 aromatic rings. The van der Waals surface area contributed by atoms with Gasteiger partial charge in [-0.3, -0.25) is 0 Å². The van der Waals surface area contributed by atoms with E-state index in [9.17, 15) is 0 Å². The zero-order valence-corrected chi connectivity index (χ0v) is 11.2.